The van der Waals surface area contributed by atoms with Crippen molar-refractivity contribution in [2.24, 2.45) is 5.92 Å². The van der Waals surface area contributed by atoms with E-state index in [-0.39, 0.29) is 47.7 Å². The third kappa shape index (κ3) is 11.0. The van der Waals surface area contributed by atoms with Crippen molar-refractivity contribution in [3.8, 4) is 0 Å². The molecular weight excluding hydrogens is 782 g/mol. The molecule has 1 aromatic carbocycles. The number of hydrazine groups is 3. The van der Waals surface area contributed by atoms with Gasteiger partial charge in [0, 0.05) is 63.0 Å². The maximum Gasteiger partial charge on any atom is 0.264 e. The molecule has 8 N–H and O–H groups in total. The van der Waals surface area contributed by atoms with E-state index in [1.807, 2.05) is 5.01 Å². The Hall–Kier alpha value is -2.85. The van der Waals surface area contributed by atoms with Gasteiger partial charge in [-0.1, -0.05) is 32.8 Å². The lowest BCUT2D eigenvalue weighted by molar-refractivity contribution is -0.136. The number of nitrogens with zero attached hydrogens (tertiary/aromatic N) is 3. The van der Waals surface area contributed by atoms with Gasteiger partial charge >= 0.3 is 0 Å². The summed E-state index contributed by atoms with van der Waals surface area (Å²) in [6, 6.07) is 5.52. The molecule has 1 aromatic rings. The van der Waals surface area contributed by atoms with Crippen molar-refractivity contribution in [3.63, 3.8) is 0 Å². The molecule has 19 heteroatoms. The number of hydrogen-bond donors (Lipinski definition) is 8. The molecular formula is C40H64ClN11O7. The van der Waals surface area contributed by atoms with Gasteiger partial charge in [-0.3, -0.25) is 45.5 Å². The van der Waals surface area contributed by atoms with E-state index in [1.165, 1.54) is 19.3 Å². The summed E-state index contributed by atoms with van der Waals surface area (Å²) < 4.78 is 17.3. The summed E-state index contributed by atoms with van der Waals surface area (Å²) in [6.45, 7) is 11.3. The van der Waals surface area contributed by atoms with Gasteiger partial charge in [-0.05, 0) is 50.2 Å². The number of rotatable bonds is 22. The molecule has 5 aliphatic heterocycles. The van der Waals surface area contributed by atoms with Crippen molar-refractivity contribution in [1.29, 1.82) is 0 Å². The van der Waals surface area contributed by atoms with E-state index in [0.717, 1.165) is 37.3 Å². The first kappa shape index (κ1) is 44.2. The molecule has 4 amide bonds. The molecule has 0 spiro atoms. The minimum absolute atomic E-state index is 0.0163. The van der Waals surface area contributed by atoms with E-state index >= 15 is 0 Å². The molecule has 0 aromatic heterocycles. The molecule has 5 fully saturated rings. The Bertz CT molecular complexity index is 1610. The number of carbonyl (C=O) groups excluding carboxylic acids is 4. The van der Waals surface area contributed by atoms with Crippen molar-refractivity contribution < 1.29 is 33.4 Å². The van der Waals surface area contributed by atoms with E-state index < -0.39 is 29.7 Å². The molecule has 0 radical (unpaired) electrons. The van der Waals surface area contributed by atoms with Gasteiger partial charge in [0.25, 0.3) is 11.8 Å². The summed E-state index contributed by atoms with van der Waals surface area (Å²) in [4.78, 5) is 51.5. The molecule has 328 valence electrons. The molecule has 4 saturated heterocycles. The highest BCUT2D eigenvalue weighted by molar-refractivity contribution is 6.25. The van der Waals surface area contributed by atoms with E-state index in [4.69, 9.17) is 25.8 Å². The van der Waals surface area contributed by atoms with Gasteiger partial charge in [0.15, 0.2) is 0 Å². The Kier molecular flexibility index (Phi) is 16.0. The minimum Gasteiger partial charge on any atom is -0.383 e. The second-order valence-corrected chi connectivity index (χ2v) is 17.0. The van der Waals surface area contributed by atoms with Gasteiger partial charge in [0.2, 0.25) is 11.8 Å². The third-order valence-corrected chi connectivity index (χ3v) is 13.0. The zero-order valence-corrected chi connectivity index (χ0v) is 35.2. The predicted molar refractivity (Wildman–Crippen MR) is 221 cm³/mol. The molecule has 0 bridgehead atoms. The average molecular weight is 846 g/mol. The molecule has 6 unspecified atom stereocenters. The highest BCUT2D eigenvalue weighted by Gasteiger charge is 2.47. The Morgan fingerprint density at radius 3 is 2.46 bits per heavy atom. The standard InChI is InChI=1S/C40H64ClN11O7/c1-3-25(4-2)32-21-34(52-37(46-32)30(41)23-44-52)45-27-9-8-26(20-27)42-12-14-57-16-18-59-19-17-58-15-13-50-24-28(48-49-50)22-43-31-7-5-6-29-36(31)40(56)51(39(29)55)33-10-11-35(53)47-38(33)54/h5-7,25-28,30,32-34,37,42-46,48-49H,3-4,8-24H2,1-2H3,(H,47,53,54)/t26-,27-,28?,30?,32?,33?,34?,37?/m0/s1. The van der Waals surface area contributed by atoms with Crippen LogP contribution in [-0.2, 0) is 23.8 Å². The van der Waals surface area contributed by atoms with Crippen LogP contribution in [0.25, 0.3) is 0 Å². The Morgan fingerprint density at radius 1 is 0.915 bits per heavy atom. The Labute approximate surface area is 352 Å². The molecule has 1 saturated carbocycles. The zero-order chi connectivity index (χ0) is 41.3. The van der Waals surface area contributed by atoms with Crippen LogP contribution in [0.5, 0.6) is 0 Å². The van der Waals surface area contributed by atoms with Crippen LogP contribution in [0.15, 0.2) is 18.2 Å². The van der Waals surface area contributed by atoms with Gasteiger partial charge in [-0.15, -0.1) is 11.6 Å². The molecule has 8 atom stereocenters. The highest BCUT2D eigenvalue weighted by Crippen LogP contribution is 2.33. The fourth-order valence-corrected chi connectivity index (χ4v) is 9.65. The number of carbonyl (C=O) groups is 4. The van der Waals surface area contributed by atoms with Crippen molar-refractivity contribution in [2.45, 2.75) is 113 Å². The maximum absolute atomic E-state index is 13.4. The van der Waals surface area contributed by atoms with Gasteiger partial charge in [-0.2, -0.15) is 5.53 Å². The second kappa shape index (κ2) is 21.3. The maximum atomic E-state index is 13.4. The van der Waals surface area contributed by atoms with Crippen molar-refractivity contribution >= 4 is 40.9 Å². The number of benzene rings is 1. The van der Waals surface area contributed by atoms with Crippen LogP contribution in [0.2, 0.25) is 0 Å². The lowest BCUT2D eigenvalue weighted by atomic mass is 9.88. The molecule has 6 aliphatic rings. The third-order valence-electron chi connectivity index (χ3n) is 12.6. The number of nitrogens with one attached hydrogen (secondary N) is 8. The van der Waals surface area contributed by atoms with E-state index in [0.29, 0.717) is 89.0 Å². The number of anilines is 1. The van der Waals surface area contributed by atoms with Crippen molar-refractivity contribution in [3.05, 3.63) is 29.3 Å². The SMILES string of the molecule is CCC(CC)C1CC(N[C@H]2CC[C@H](NCCOCCOCCOCCN3CC(CNc4cccc5c4C(=O)N(C4CCC(=O)NC4=O)C5=O)NN3)C2)N2NCC(Cl)C2N1. The second-order valence-electron chi connectivity index (χ2n) is 16.5. The number of piperidine rings is 1. The van der Waals surface area contributed by atoms with Crippen LogP contribution in [-0.4, -0.2) is 159 Å². The molecule has 1 aliphatic carbocycles. The largest absolute Gasteiger partial charge is 0.383 e. The fourth-order valence-electron chi connectivity index (χ4n) is 9.38. The number of imide groups is 2. The molecule has 59 heavy (non-hydrogen) atoms. The summed E-state index contributed by atoms with van der Waals surface area (Å²) >= 11 is 6.70. The summed E-state index contributed by atoms with van der Waals surface area (Å²) in [5, 5.41) is 21.5. The monoisotopic (exact) mass is 845 g/mol. The number of alkyl halides is 1. The Balaban J connectivity index is 0.692. The number of fused-ring (bicyclic) bond motifs is 2. The van der Waals surface area contributed by atoms with Gasteiger partial charge < -0.3 is 24.8 Å². The van der Waals surface area contributed by atoms with Gasteiger partial charge in [0.05, 0.1) is 74.5 Å². The zero-order valence-electron chi connectivity index (χ0n) is 34.4. The van der Waals surface area contributed by atoms with Crippen LogP contribution < -0.4 is 43.0 Å². The first-order valence-corrected chi connectivity index (χ1v) is 22.2. The van der Waals surface area contributed by atoms with E-state index in [1.54, 1.807) is 18.2 Å². The smallest absolute Gasteiger partial charge is 0.264 e. The topological polar surface area (TPSA) is 202 Å². The lowest BCUT2D eigenvalue weighted by Crippen LogP contribution is -2.67. The van der Waals surface area contributed by atoms with Crippen LogP contribution in [0.1, 0.15) is 85.9 Å². The number of hydrogen-bond acceptors (Lipinski definition) is 16. The number of halogens is 1. The molecule has 18 nitrogen and oxygen atoms in total. The lowest BCUT2D eigenvalue weighted by Gasteiger charge is -2.46. The van der Waals surface area contributed by atoms with Crippen LogP contribution in [0.4, 0.5) is 5.69 Å². The normalized spacial score (nSPS) is 30.1. The highest BCUT2D eigenvalue weighted by atomic mass is 35.5. The molecule has 7 rings (SSSR count). The fraction of sp³-hybridized carbons (Fsp3) is 0.750. The quantitative estimate of drug-likeness (QED) is 0.0448. The first-order chi connectivity index (χ1) is 28.7. The van der Waals surface area contributed by atoms with Crippen molar-refractivity contribution in [1.82, 2.24) is 52.6 Å². The minimum atomic E-state index is -1.00. The predicted octanol–water partition coefficient (Wildman–Crippen LogP) is 0.221. The summed E-state index contributed by atoms with van der Waals surface area (Å²) in [7, 11) is 0. The summed E-state index contributed by atoms with van der Waals surface area (Å²) in [6.07, 6.45) is 7.54. The number of ether oxygens (including phenoxy) is 3. The number of amides is 4. The van der Waals surface area contributed by atoms with E-state index in [9.17, 15) is 19.2 Å². The Morgan fingerprint density at radius 2 is 1.68 bits per heavy atom. The first-order valence-electron chi connectivity index (χ1n) is 21.7. The summed E-state index contributed by atoms with van der Waals surface area (Å²) in [5.74, 6) is -1.43. The van der Waals surface area contributed by atoms with Crippen LogP contribution in [0.3, 0.4) is 0 Å². The van der Waals surface area contributed by atoms with E-state index in [2.05, 4.69) is 61.8 Å². The summed E-state index contributed by atoms with van der Waals surface area (Å²) in [5.41, 5.74) is 10.9. The van der Waals surface area contributed by atoms with Crippen LogP contribution >= 0.6 is 11.6 Å². The average Bonchev–Trinajstić information content (AvgIpc) is 4.02. The van der Waals surface area contributed by atoms with Crippen LogP contribution in [0, 0.1) is 5.92 Å². The van der Waals surface area contributed by atoms with Crippen molar-refractivity contribution in [2.75, 3.05) is 77.7 Å². The van der Waals surface area contributed by atoms with Gasteiger partial charge in [0.1, 0.15) is 6.04 Å². The van der Waals surface area contributed by atoms with Gasteiger partial charge in [-0.25, -0.2) is 15.4 Å². The molecule has 5 heterocycles.